The minimum atomic E-state index is -0.241. The lowest BCUT2D eigenvalue weighted by atomic mass is 10.1. The Morgan fingerprint density at radius 1 is 1.12 bits per heavy atom. The van der Waals surface area contributed by atoms with Crippen molar-refractivity contribution in [3.63, 3.8) is 0 Å². The van der Waals surface area contributed by atoms with Crippen LogP contribution < -0.4 is 10.6 Å². The van der Waals surface area contributed by atoms with Gasteiger partial charge in [0.25, 0.3) is 5.91 Å². The zero-order valence-electron chi connectivity index (χ0n) is 9.91. The molecule has 0 bridgehead atoms. The van der Waals surface area contributed by atoms with Gasteiger partial charge in [-0.05, 0) is 26.0 Å². The quantitative estimate of drug-likeness (QED) is 0.759. The number of carbonyl (C=O) groups excluding carboxylic acids is 2. The van der Waals surface area contributed by atoms with E-state index in [0.29, 0.717) is 5.56 Å². The van der Waals surface area contributed by atoms with Gasteiger partial charge in [0, 0.05) is 5.56 Å². The van der Waals surface area contributed by atoms with Crippen LogP contribution in [-0.2, 0) is 0 Å². The number of aryl methyl sites for hydroxylation is 2. The Labute approximate surface area is 99.8 Å². The molecular formula is C12H15N3O2. The Balaban J connectivity index is 2.16. The molecule has 1 aliphatic rings. The lowest BCUT2D eigenvalue weighted by Gasteiger charge is -2.28. The topological polar surface area (TPSA) is 61.4 Å². The van der Waals surface area contributed by atoms with Crippen LogP contribution in [0.15, 0.2) is 18.2 Å². The number of nitrogens with zero attached hydrogens (tertiary/aromatic N) is 1. The predicted molar refractivity (Wildman–Crippen MR) is 63.5 cm³/mol. The third-order valence-corrected chi connectivity index (χ3v) is 2.62. The molecule has 0 aromatic heterocycles. The number of amides is 3. The summed E-state index contributed by atoms with van der Waals surface area (Å²) in [6.45, 7) is 4.41. The van der Waals surface area contributed by atoms with E-state index in [9.17, 15) is 9.59 Å². The first kappa shape index (κ1) is 11.4. The summed E-state index contributed by atoms with van der Waals surface area (Å²) in [5.74, 6) is -0.0794. The van der Waals surface area contributed by atoms with Crippen LogP contribution in [0.1, 0.15) is 21.5 Å². The summed E-state index contributed by atoms with van der Waals surface area (Å²) < 4.78 is 0. The Hall–Kier alpha value is -2.04. The van der Waals surface area contributed by atoms with Gasteiger partial charge in [0.2, 0.25) is 0 Å². The molecule has 3 amide bonds. The SMILES string of the molecule is Cc1cc(C)cc(C(=O)N2CNC(=O)NC2)c1. The Bertz CT molecular complexity index is 441. The molecular weight excluding hydrogens is 218 g/mol. The predicted octanol–water partition coefficient (Wildman–Crippen LogP) is 0.973. The van der Waals surface area contributed by atoms with Crippen molar-refractivity contribution in [3.8, 4) is 0 Å². The highest BCUT2D eigenvalue weighted by Gasteiger charge is 2.20. The summed E-state index contributed by atoms with van der Waals surface area (Å²) in [7, 11) is 0. The van der Waals surface area contributed by atoms with Gasteiger partial charge in [-0.25, -0.2) is 4.79 Å². The maximum atomic E-state index is 12.1. The highest BCUT2D eigenvalue weighted by atomic mass is 16.2. The van der Waals surface area contributed by atoms with Crippen molar-refractivity contribution in [2.45, 2.75) is 13.8 Å². The Morgan fingerprint density at radius 3 is 2.18 bits per heavy atom. The molecule has 1 aromatic carbocycles. The summed E-state index contributed by atoms with van der Waals surface area (Å²) in [6, 6.07) is 5.49. The van der Waals surface area contributed by atoms with Crippen molar-refractivity contribution in [1.29, 1.82) is 0 Å². The monoisotopic (exact) mass is 233 g/mol. The molecule has 0 spiro atoms. The van der Waals surface area contributed by atoms with Crippen molar-refractivity contribution in [1.82, 2.24) is 15.5 Å². The lowest BCUT2D eigenvalue weighted by molar-refractivity contribution is 0.0714. The molecule has 0 atom stereocenters. The summed E-state index contributed by atoms with van der Waals surface area (Å²) in [5, 5.41) is 5.13. The second-order valence-electron chi connectivity index (χ2n) is 4.22. The van der Waals surface area contributed by atoms with Crippen LogP contribution >= 0.6 is 0 Å². The fourth-order valence-corrected chi connectivity index (χ4v) is 1.88. The third-order valence-electron chi connectivity index (χ3n) is 2.62. The van der Waals surface area contributed by atoms with E-state index in [1.165, 1.54) is 0 Å². The molecule has 1 fully saturated rings. The molecule has 0 aliphatic carbocycles. The first-order valence-electron chi connectivity index (χ1n) is 5.45. The summed E-state index contributed by atoms with van der Waals surface area (Å²) in [4.78, 5) is 24.6. The maximum Gasteiger partial charge on any atom is 0.317 e. The number of benzene rings is 1. The highest BCUT2D eigenvalue weighted by Crippen LogP contribution is 2.11. The van der Waals surface area contributed by atoms with Crippen LogP contribution in [0.5, 0.6) is 0 Å². The van der Waals surface area contributed by atoms with Crippen LogP contribution in [0.4, 0.5) is 4.79 Å². The fourth-order valence-electron chi connectivity index (χ4n) is 1.88. The average Bonchev–Trinajstić information content (AvgIpc) is 2.28. The van der Waals surface area contributed by atoms with E-state index >= 15 is 0 Å². The van der Waals surface area contributed by atoms with E-state index in [4.69, 9.17) is 0 Å². The number of carbonyl (C=O) groups is 2. The van der Waals surface area contributed by atoms with E-state index in [1.807, 2.05) is 32.0 Å². The van der Waals surface area contributed by atoms with Gasteiger partial charge in [-0.15, -0.1) is 0 Å². The molecule has 0 unspecified atom stereocenters. The van der Waals surface area contributed by atoms with Crippen molar-refractivity contribution < 1.29 is 9.59 Å². The molecule has 5 heteroatoms. The molecule has 1 aromatic rings. The number of hydrogen-bond acceptors (Lipinski definition) is 2. The van der Waals surface area contributed by atoms with Gasteiger partial charge in [0.05, 0.1) is 13.3 Å². The van der Waals surface area contributed by atoms with Gasteiger partial charge in [0.1, 0.15) is 0 Å². The third kappa shape index (κ3) is 2.55. The lowest BCUT2D eigenvalue weighted by Crippen LogP contribution is -2.55. The van der Waals surface area contributed by atoms with Gasteiger partial charge in [-0.2, -0.15) is 0 Å². The van der Waals surface area contributed by atoms with Crippen molar-refractivity contribution >= 4 is 11.9 Å². The summed E-state index contributed by atoms with van der Waals surface area (Å²) in [6.07, 6.45) is 0. The number of nitrogens with one attached hydrogen (secondary N) is 2. The fraction of sp³-hybridized carbons (Fsp3) is 0.333. The van der Waals surface area contributed by atoms with Gasteiger partial charge in [-0.1, -0.05) is 17.2 Å². The minimum Gasteiger partial charge on any atom is -0.320 e. The maximum absolute atomic E-state index is 12.1. The molecule has 90 valence electrons. The Kier molecular flexibility index (Phi) is 2.99. The molecule has 0 saturated carbocycles. The van der Waals surface area contributed by atoms with Crippen LogP contribution in [0.2, 0.25) is 0 Å². The zero-order chi connectivity index (χ0) is 12.4. The van der Waals surface area contributed by atoms with Gasteiger partial charge >= 0.3 is 6.03 Å². The van der Waals surface area contributed by atoms with Crippen LogP contribution in [-0.4, -0.2) is 30.2 Å². The van der Waals surface area contributed by atoms with Gasteiger partial charge < -0.3 is 15.5 Å². The van der Waals surface area contributed by atoms with E-state index in [0.717, 1.165) is 11.1 Å². The second-order valence-corrected chi connectivity index (χ2v) is 4.22. The van der Waals surface area contributed by atoms with Crippen molar-refractivity contribution in [3.05, 3.63) is 34.9 Å². The molecule has 1 aliphatic heterocycles. The molecule has 0 radical (unpaired) electrons. The van der Waals surface area contributed by atoms with Gasteiger partial charge in [0.15, 0.2) is 0 Å². The van der Waals surface area contributed by atoms with Gasteiger partial charge in [-0.3, -0.25) is 4.79 Å². The molecule has 5 nitrogen and oxygen atoms in total. The normalized spacial score (nSPS) is 15.2. The minimum absolute atomic E-state index is 0.0794. The molecule has 2 rings (SSSR count). The summed E-state index contributed by atoms with van der Waals surface area (Å²) >= 11 is 0. The van der Waals surface area contributed by atoms with Crippen LogP contribution in [0.25, 0.3) is 0 Å². The second kappa shape index (κ2) is 4.45. The molecule has 1 heterocycles. The van der Waals surface area contributed by atoms with E-state index in [2.05, 4.69) is 10.6 Å². The molecule has 1 saturated heterocycles. The zero-order valence-corrected chi connectivity index (χ0v) is 9.91. The van der Waals surface area contributed by atoms with Crippen LogP contribution in [0.3, 0.4) is 0 Å². The molecule has 17 heavy (non-hydrogen) atoms. The largest absolute Gasteiger partial charge is 0.320 e. The summed E-state index contributed by atoms with van der Waals surface area (Å²) in [5.41, 5.74) is 2.77. The van der Waals surface area contributed by atoms with E-state index < -0.39 is 0 Å². The standard InChI is InChI=1S/C12H15N3O2/c1-8-3-9(2)5-10(4-8)11(16)15-6-13-12(17)14-7-15/h3-5H,6-7H2,1-2H3,(H2,13,14,17). The van der Waals surface area contributed by atoms with Crippen molar-refractivity contribution in [2.24, 2.45) is 0 Å². The van der Waals surface area contributed by atoms with E-state index in [-0.39, 0.29) is 25.3 Å². The first-order chi connectivity index (χ1) is 8.06. The first-order valence-corrected chi connectivity index (χ1v) is 5.45. The number of rotatable bonds is 1. The number of urea groups is 1. The smallest absolute Gasteiger partial charge is 0.317 e. The average molecular weight is 233 g/mol. The Morgan fingerprint density at radius 2 is 1.65 bits per heavy atom. The highest BCUT2D eigenvalue weighted by molar-refractivity contribution is 5.95. The van der Waals surface area contributed by atoms with Crippen LogP contribution in [0, 0.1) is 13.8 Å². The van der Waals surface area contributed by atoms with Crippen molar-refractivity contribution in [2.75, 3.05) is 13.3 Å². The number of hydrogen-bond donors (Lipinski definition) is 2. The molecule has 2 N–H and O–H groups in total. The van der Waals surface area contributed by atoms with E-state index in [1.54, 1.807) is 4.90 Å².